The molecule has 24 heavy (non-hydrogen) atoms. The molecule has 2 rings (SSSR count). The summed E-state index contributed by atoms with van der Waals surface area (Å²) in [6.07, 6.45) is 0.847. The van der Waals surface area contributed by atoms with Gasteiger partial charge in [0.05, 0.1) is 0 Å². The van der Waals surface area contributed by atoms with Crippen molar-refractivity contribution in [2.45, 2.75) is 26.3 Å². The highest BCUT2D eigenvalue weighted by atomic mass is 79.9. The van der Waals surface area contributed by atoms with Gasteiger partial charge in [-0.1, -0.05) is 15.9 Å². The Morgan fingerprint density at radius 2 is 2.04 bits per heavy atom. The molecular formula is C15H21BrFN3O3S. The zero-order valence-electron chi connectivity index (χ0n) is 13.4. The van der Waals surface area contributed by atoms with Crippen molar-refractivity contribution in [3.8, 4) is 0 Å². The van der Waals surface area contributed by atoms with Crippen molar-refractivity contribution in [3.63, 3.8) is 0 Å². The molecule has 0 spiro atoms. The lowest BCUT2D eigenvalue weighted by Gasteiger charge is -2.32. The van der Waals surface area contributed by atoms with Crippen molar-refractivity contribution in [2.75, 3.05) is 19.6 Å². The normalized spacial score (nSPS) is 17.0. The number of nitrogens with two attached hydrogens (primary N) is 1. The minimum absolute atomic E-state index is 0.0778. The fourth-order valence-electron chi connectivity index (χ4n) is 2.83. The average molecular weight is 422 g/mol. The second-order valence-corrected chi connectivity index (χ2v) is 8.27. The third-order valence-electron chi connectivity index (χ3n) is 4.23. The molecule has 0 aliphatic carbocycles. The highest BCUT2D eigenvalue weighted by molar-refractivity contribution is 9.10. The summed E-state index contributed by atoms with van der Waals surface area (Å²) >= 11 is 3.30. The third-order valence-corrected chi connectivity index (χ3v) is 5.80. The molecule has 1 fully saturated rings. The molecule has 0 radical (unpaired) electrons. The van der Waals surface area contributed by atoms with Crippen molar-refractivity contribution in [1.82, 2.24) is 9.21 Å². The van der Waals surface area contributed by atoms with E-state index in [2.05, 4.69) is 15.9 Å². The molecule has 1 heterocycles. The highest BCUT2D eigenvalue weighted by Crippen LogP contribution is 2.23. The van der Waals surface area contributed by atoms with Gasteiger partial charge < -0.3 is 4.90 Å². The van der Waals surface area contributed by atoms with Gasteiger partial charge in [0, 0.05) is 42.1 Å². The summed E-state index contributed by atoms with van der Waals surface area (Å²) < 4.78 is 38.5. The highest BCUT2D eigenvalue weighted by Gasteiger charge is 2.31. The summed E-state index contributed by atoms with van der Waals surface area (Å²) in [5.41, 5.74) is 0.446. The lowest BCUT2D eigenvalue weighted by Crippen LogP contribution is -2.46. The van der Waals surface area contributed by atoms with Gasteiger partial charge in [-0.25, -0.2) is 9.53 Å². The van der Waals surface area contributed by atoms with Crippen LogP contribution >= 0.6 is 15.9 Å². The Balaban J connectivity index is 2.03. The van der Waals surface area contributed by atoms with Gasteiger partial charge in [0.25, 0.3) is 10.2 Å². The molecule has 1 aliphatic rings. The van der Waals surface area contributed by atoms with Crippen LogP contribution in [0.15, 0.2) is 22.7 Å². The van der Waals surface area contributed by atoms with E-state index in [0.29, 0.717) is 24.9 Å². The summed E-state index contributed by atoms with van der Waals surface area (Å²) in [6.45, 7) is 2.96. The van der Waals surface area contributed by atoms with Gasteiger partial charge >= 0.3 is 0 Å². The van der Waals surface area contributed by atoms with Crippen molar-refractivity contribution >= 4 is 32.0 Å². The molecule has 1 saturated heterocycles. The SMILES string of the molecule is CCN(Cc1cc(Br)ccc1F)C(=O)C1CCN(S(N)(=O)=O)CC1. The Labute approximate surface area is 150 Å². The minimum atomic E-state index is -3.71. The number of carbonyl (C=O) groups excluding carboxylic acids is 1. The standard InChI is InChI=1S/C15H21BrFN3O3S/c1-2-19(10-12-9-13(16)3-4-14(12)17)15(21)11-5-7-20(8-6-11)24(18,22)23/h3-4,9,11H,2,5-8,10H2,1H3,(H2,18,22,23). The number of halogens is 2. The Morgan fingerprint density at radius 3 is 2.58 bits per heavy atom. The van der Waals surface area contributed by atoms with Gasteiger partial charge in [-0.2, -0.15) is 12.7 Å². The summed E-state index contributed by atoms with van der Waals surface area (Å²) in [4.78, 5) is 14.3. The summed E-state index contributed by atoms with van der Waals surface area (Å²) in [5, 5.41) is 5.11. The van der Waals surface area contributed by atoms with Crippen LogP contribution in [-0.2, 0) is 21.5 Å². The van der Waals surface area contributed by atoms with Gasteiger partial charge in [-0.3, -0.25) is 4.79 Å². The molecular weight excluding hydrogens is 401 g/mol. The lowest BCUT2D eigenvalue weighted by atomic mass is 9.96. The summed E-state index contributed by atoms with van der Waals surface area (Å²) in [5.74, 6) is -0.697. The summed E-state index contributed by atoms with van der Waals surface area (Å²) in [6, 6.07) is 4.64. The third kappa shape index (κ3) is 4.75. The molecule has 2 N–H and O–H groups in total. The van der Waals surface area contributed by atoms with Gasteiger partial charge in [0.15, 0.2) is 0 Å². The van der Waals surface area contributed by atoms with E-state index in [0.717, 1.165) is 4.47 Å². The molecule has 1 aliphatic heterocycles. The van der Waals surface area contributed by atoms with E-state index in [1.165, 1.54) is 10.4 Å². The van der Waals surface area contributed by atoms with Crippen LogP contribution in [0.5, 0.6) is 0 Å². The second-order valence-electron chi connectivity index (χ2n) is 5.81. The van der Waals surface area contributed by atoms with E-state index in [1.807, 2.05) is 6.92 Å². The van der Waals surface area contributed by atoms with E-state index in [1.54, 1.807) is 17.0 Å². The van der Waals surface area contributed by atoms with Crippen LogP contribution in [0.1, 0.15) is 25.3 Å². The number of amides is 1. The molecule has 1 amide bonds. The number of hydrogen-bond acceptors (Lipinski definition) is 3. The number of benzene rings is 1. The first kappa shape index (κ1) is 19.3. The first-order valence-corrected chi connectivity index (χ1v) is 10.0. The fourth-order valence-corrected chi connectivity index (χ4v) is 3.96. The zero-order valence-corrected chi connectivity index (χ0v) is 15.8. The minimum Gasteiger partial charge on any atom is -0.338 e. The van der Waals surface area contributed by atoms with E-state index in [4.69, 9.17) is 5.14 Å². The number of nitrogens with zero attached hydrogens (tertiary/aromatic N) is 2. The molecule has 0 atom stereocenters. The van der Waals surface area contributed by atoms with Crippen LogP contribution in [0.25, 0.3) is 0 Å². The van der Waals surface area contributed by atoms with E-state index < -0.39 is 10.2 Å². The smallest absolute Gasteiger partial charge is 0.276 e. The molecule has 0 aromatic heterocycles. The maximum Gasteiger partial charge on any atom is 0.276 e. The van der Waals surface area contributed by atoms with Crippen molar-refractivity contribution in [1.29, 1.82) is 0 Å². The monoisotopic (exact) mass is 421 g/mol. The number of piperidine rings is 1. The first-order valence-electron chi connectivity index (χ1n) is 7.73. The Kier molecular flexibility index (Phi) is 6.35. The van der Waals surface area contributed by atoms with Gasteiger partial charge in [-0.05, 0) is 38.0 Å². The van der Waals surface area contributed by atoms with E-state index >= 15 is 0 Å². The van der Waals surface area contributed by atoms with Gasteiger partial charge in [-0.15, -0.1) is 0 Å². The molecule has 0 saturated carbocycles. The molecule has 134 valence electrons. The Bertz CT molecular complexity index is 706. The van der Waals surface area contributed by atoms with Gasteiger partial charge in [0.2, 0.25) is 5.91 Å². The lowest BCUT2D eigenvalue weighted by molar-refractivity contribution is -0.137. The van der Waals surface area contributed by atoms with Crippen molar-refractivity contribution in [2.24, 2.45) is 11.1 Å². The molecule has 9 heteroatoms. The second kappa shape index (κ2) is 7.90. The average Bonchev–Trinajstić information content (AvgIpc) is 2.54. The largest absolute Gasteiger partial charge is 0.338 e. The molecule has 0 unspecified atom stereocenters. The predicted molar refractivity (Wildman–Crippen MR) is 92.6 cm³/mol. The first-order chi connectivity index (χ1) is 11.2. The fraction of sp³-hybridized carbons (Fsp3) is 0.533. The number of carbonyl (C=O) groups is 1. The Hall–Kier alpha value is -1.03. The summed E-state index contributed by atoms with van der Waals surface area (Å²) in [7, 11) is -3.71. The van der Waals surface area contributed by atoms with E-state index in [-0.39, 0.29) is 37.3 Å². The maximum atomic E-state index is 13.9. The van der Waals surface area contributed by atoms with Crippen LogP contribution in [0, 0.1) is 11.7 Å². The van der Waals surface area contributed by atoms with Crippen molar-refractivity contribution in [3.05, 3.63) is 34.1 Å². The topological polar surface area (TPSA) is 83.7 Å². The number of hydrogen-bond donors (Lipinski definition) is 1. The predicted octanol–water partition coefficient (Wildman–Crippen LogP) is 1.85. The quantitative estimate of drug-likeness (QED) is 0.786. The van der Waals surface area contributed by atoms with Crippen LogP contribution in [0.2, 0.25) is 0 Å². The maximum absolute atomic E-state index is 13.9. The Morgan fingerprint density at radius 1 is 1.42 bits per heavy atom. The van der Waals surface area contributed by atoms with Crippen LogP contribution in [0.4, 0.5) is 4.39 Å². The van der Waals surface area contributed by atoms with Crippen LogP contribution in [-0.4, -0.2) is 43.2 Å². The van der Waals surface area contributed by atoms with Crippen LogP contribution in [0.3, 0.4) is 0 Å². The molecule has 6 nitrogen and oxygen atoms in total. The zero-order chi connectivity index (χ0) is 17.9. The molecule has 1 aromatic rings. The molecule has 0 bridgehead atoms. The molecule has 1 aromatic carbocycles. The van der Waals surface area contributed by atoms with Crippen molar-refractivity contribution < 1.29 is 17.6 Å². The van der Waals surface area contributed by atoms with Crippen LogP contribution < -0.4 is 5.14 Å². The number of rotatable bonds is 5. The van der Waals surface area contributed by atoms with E-state index in [9.17, 15) is 17.6 Å². The van der Waals surface area contributed by atoms with Gasteiger partial charge in [0.1, 0.15) is 5.82 Å².